The molecule has 4 nitrogen and oxygen atoms in total. The number of carbonyl (C=O) groups excluding carboxylic acids is 1. The largest absolute Gasteiger partial charge is 0.336 e. The van der Waals surface area contributed by atoms with Crippen LogP contribution in [0, 0.1) is 6.92 Å². The van der Waals surface area contributed by atoms with E-state index in [1.807, 2.05) is 45.9 Å². The number of amides is 2. The number of nitrogens with one attached hydrogen (secondary N) is 1. The molecule has 0 atom stereocenters. The van der Waals surface area contributed by atoms with E-state index >= 15 is 0 Å². The molecule has 0 bridgehead atoms. The van der Waals surface area contributed by atoms with Crippen molar-refractivity contribution in [2.75, 3.05) is 6.54 Å². The summed E-state index contributed by atoms with van der Waals surface area (Å²) in [4.78, 5) is 18.0. The highest BCUT2D eigenvalue weighted by Gasteiger charge is 2.13. The van der Waals surface area contributed by atoms with Gasteiger partial charge in [-0.3, -0.25) is 4.98 Å². The number of hydrogen-bond donors (Lipinski definition) is 1. The second-order valence-corrected chi connectivity index (χ2v) is 4.39. The van der Waals surface area contributed by atoms with E-state index in [9.17, 15) is 4.79 Å². The molecule has 2 amide bonds. The van der Waals surface area contributed by atoms with Gasteiger partial charge in [-0.1, -0.05) is 6.07 Å². The van der Waals surface area contributed by atoms with Crippen LogP contribution < -0.4 is 5.32 Å². The van der Waals surface area contributed by atoms with Crippen molar-refractivity contribution in [1.82, 2.24) is 15.2 Å². The van der Waals surface area contributed by atoms with Gasteiger partial charge in [0.25, 0.3) is 0 Å². The Labute approximate surface area is 103 Å². The molecule has 1 heterocycles. The third-order valence-electron chi connectivity index (χ3n) is 2.38. The van der Waals surface area contributed by atoms with Gasteiger partial charge in [-0.2, -0.15) is 0 Å². The maximum Gasteiger partial charge on any atom is 0.317 e. The molecular formula is C13H21N3O. The molecule has 1 rings (SSSR count). The van der Waals surface area contributed by atoms with E-state index in [0.717, 1.165) is 11.4 Å². The molecule has 0 fully saturated rings. The summed E-state index contributed by atoms with van der Waals surface area (Å²) in [6.45, 7) is 9.06. The summed E-state index contributed by atoms with van der Waals surface area (Å²) in [5.74, 6) is 0. The normalized spacial score (nSPS) is 10.4. The maximum atomic E-state index is 11.9. The van der Waals surface area contributed by atoms with Gasteiger partial charge in [-0.15, -0.1) is 0 Å². The average molecular weight is 235 g/mol. The van der Waals surface area contributed by atoms with Gasteiger partial charge in [0.15, 0.2) is 0 Å². The number of rotatable bonds is 4. The standard InChI is InChI=1S/C13H21N3O/c1-5-16(13(17)14-10(2)3)9-12-8-6-7-11(4)15-12/h6-8,10H,5,9H2,1-4H3,(H,14,17). The van der Waals surface area contributed by atoms with E-state index in [4.69, 9.17) is 0 Å². The molecule has 17 heavy (non-hydrogen) atoms. The van der Waals surface area contributed by atoms with Crippen LogP contribution in [0.5, 0.6) is 0 Å². The summed E-state index contributed by atoms with van der Waals surface area (Å²) in [5.41, 5.74) is 1.90. The third-order valence-corrected chi connectivity index (χ3v) is 2.38. The molecule has 94 valence electrons. The molecule has 0 aliphatic heterocycles. The molecule has 0 radical (unpaired) electrons. The Morgan fingerprint density at radius 2 is 2.18 bits per heavy atom. The number of nitrogens with zero attached hydrogens (tertiary/aromatic N) is 2. The van der Waals surface area contributed by atoms with Crippen molar-refractivity contribution in [3.8, 4) is 0 Å². The number of urea groups is 1. The number of aryl methyl sites for hydroxylation is 1. The fourth-order valence-electron chi connectivity index (χ4n) is 1.55. The van der Waals surface area contributed by atoms with Crippen LogP contribution in [0.4, 0.5) is 4.79 Å². The van der Waals surface area contributed by atoms with Crippen LogP contribution >= 0.6 is 0 Å². The summed E-state index contributed by atoms with van der Waals surface area (Å²) in [5, 5.41) is 2.89. The first-order valence-corrected chi connectivity index (χ1v) is 6.01. The molecule has 4 heteroatoms. The topological polar surface area (TPSA) is 45.2 Å². The Hall–Kier alpha value is -1.58. The maximum absolute atomic E-state index is 11.9. The SMILES string of the molecule is CCN(Cc1cccc(C)n1)C(=O)NC(C)C. The zero-order valence-corrected chi connectivity index (χ0v) is 11.0. The summed E-state index contributed by atoms with van der Waals surface area (Å²) in [6, 6.07) is 5.98. The Bertz CT molecular complexity index is 377. The van der Waals surface area contributed by atoms with Gasteiger partial charge in [-0.05, 0) is 39.8 Å². The first-order valence-electron chi connectivity index (χ1n) is 6.01. The van der Waals surface area contributed by atoms with Gasteiger partial charge in [0.2, 0.25) is 0 Å². The van der Waals surface area contributed by atoms with Crippen molar-refractivity contribution in [2.45, 2.75) is 40.3 Å². The van der Waals surface area contributed by atoms with Crippen molar-refractivity contribution < 1.29 is 4.79 Å². The van der Waals surface area contributed by atoms with Gasteiger partial charge < -0.3 is 10.2 Å². The summed E-state index contributed by atoms with van der Waals surface area (Å²) in [6.07, 6.45) is 0. The lowest BCUT2D eigenvalue weighted by molar-refractivity contribution is 0.195. The van der Waals surface area contributed by atoms with Crippen molar-refractivity contribution >= 4 is 6.03 Å². The summed E-state index contributed by atoms with van der Waals surface area (Å²) in [7, 11) is 0. The highest BCUT2D eigenvalue weighted by atomic mass is 16.2. The Balaban J connectivity index is 2.66. The lowest BCUT2D eigenvalue weighted by Crippen LogP contribution is -2.42. The smallest absolute Gasteiger partial charge is 0.317 e. The second-order valence-electron chi connectivity index (χ2n) is 4.39. The second kappa shape index (κ2) is 6.23. The van der Waals surface area contributed by atoms with Crippen LogP contribution in [-0.2, 0) is 6.54 Å². The fourth-order valence-corrected chi connectivity index (χ4v) is 1.55. The zero-order valence-electron chi connectivity index (χ0n) is 11.0. The Morgan fingerprint density at radius 3 is 2.71 bits per heavy atom. The van der Waals surface area contributed by atoms with E-state index in [-0.39, 0.29) is 12.1 Å². The fraction of sp³-hybridized carbons (Fsp3) is 0.538. The lowest BCUT2D eigenvalue weighted by atomic mass is 10.3. The van der Waals surface area contributed by atoms with Crippen LogP contribution in [0.1, 0.15) is 32.2 Å². The van der Waals surface area contributed by atoms with Crippen molar-refractivity contribution in [2.24, 2.45) is 0 Å². The first kappa shape index (κ1) is 13.5. The molecular weight excluding hydrogens is 214 g/mol. The van der Waals surface area contributed by atoms with Crippen LogP contribution in [0.15, 0.2) is 18.2 Å². The first-order chi connectivity index (χ1) is 8.02. The van der Waals surface area contributed by atoms with E-state index in [2.05, 4.69) is 10.3 Å². The van der Waals surface area contributed by atoms with Crippen LogP contribution in [0.2, 0.25) is 0 Å². The van der Waals surface area contributed by atoms with Crippen molar-refractivity contribution in [1.29, 1.82) is 0 Å². The molecule has 1 aromatic heterocycles. The Kier molecular flexibility index (Phi) is 4.94. The minimum Gasteiger partial charge on any atom is -0.336 e. The van der Waals surface area contributed by atoms with Crippen molar-refractivity contribution in [3.63, 3.8) is 0 Å². The lowest BCUT2D eigenvalue weighted by Gasteiger charge is -2.22. The molecule has 0 unspecified atom stereocenters. The third kappa shape index (κ3) is 4.43. The van der Waals surface area contributed by atoms with E-state index in [1.54, 1.807) is 4.90 Å². The van der Waals surface area contributed by atoms with Crippen LogP contribution in [-0.4, -0.2) is 28.5 Å². The van der Waals surface area contributed by atoms with Crippen molar-refractivity contribution in [3.05, 3.63) is 29.6 Å². The quantitative estimate of drug-likeness (QED) is 0.870. The summed E-state index contributed by atoms with van der Waals surface area (Å²) >= 11 is 0. The van der Waals surface area contributed by atoms with Crippen LogP contribution in [0.3, 0.4) is 0 Å². The molecule has 0 aliphatic rings. The molecule has 1 N–H and O–H groups in total. The molecule has 0 aliphatic carbocycles. The molecule has 0 saturated carbocycles. The predicted molar refractivity (Wildman–Crippen MR) is 68.7 cm³/mol. The highest BCUT2D eigenvalue weighted by molar-refractivity contribution is 5.74. The molecule has 0 spiro atoms. The van der Waals surface area contributed by atoms with E-state index in [0.29, 0.717) is 13.1 Å². The number of pyridine rings is 1. The highest BCUT2D eigenvalue weighted by Crippen LogP contribution is 2.03. The van der Waals surface area contributed by atoms with Gasteiger partial charge >= 0.3 is 6.03 Å². The van der Waals surface area contributed by atoms with E-state index in [1.165, 1.54) is 0 Å². The van der Waals surface area contributed by atoms with E-state index < -0.39 is 0 Å². The van der Waals surface area contributed by atoms with Gasteiger partial charge in [0.05, 0.1) is 12.2 Å². The minimum absolute atomic E-state index is 0.0363. The van der Waals surface area contributed by atoms with Gasteiger partial charge in [-0.25, -0.2) is 4.79 Å². The summed E-state index contributed by atoms with van der Waals surface area (Å²) < 4.78 is 0. The van der Waals surface area contributed by atoms with Gasteiger partial charge in [0, 0.05) is 18.3 Å². The average Bonchev–Trinajstić information content (AvgIpc) is 2.24. The molecule has 0 aromatic carbocycles. The number of aromatic nitrogens is 1. The zero-order chi connectivity index (χ0) is 12.8. The minimum atomic E-state index is -0.0363. The van der Waals surface area contributed by atoms with Crippen LogP contribution in [0.25, 0.3) is 0 Å². The van der Waals surface area contributed by atoms with Gasteiger partial charge in [0.1, 0.15) is 0 Å². The molecule has 0 saturated heterocycles. The Morgan fingerprint density at radius 1 is 1.47 bits per heavy atom. The predicted octanol–water partition coefficient (Wildman–Crippen LogP) is 2.33. The monoisotopic (exact) mass is 235 g/mol. The number of hydrogen-bond acceptors (Lipinski definition) is 2. The number of carbonyl (C=O) groups is 1. The molecule has 1 aromatic rings.